The van der Waals surface area contributed by atoms with Crippen molar-refractivity contribution in [3.8, 4) is 11.1 Å². The van der Waals surface area contributed by atoms with Gasteiger partial charge in [-0.05, 0) is 56.1 Å². The second kappa shape index (κ2) is 7.42. The molecule has 1 atom stereocenters. The van der Waals surface area contributed by atoms with E-state index in [0.29, 0.717) is 12.6 Å². The average molecular weight is 308 g/mol. The molecule has 0 aliphatic carbocycles. The fourth-order valence-corrected chi connectivity index (χ4v) is 3.10. The third kappa shape index (κ3) is 3.99. The second-order valence-corrected chi connectivity index (χ2v) is 6.25. The standard InChI is InChI=1S/C20H24N2O/c1-16(22-13-5-6-14-22)15-21-20(23)19-11-9-18(10-12-19)17-7-3-2-4-8-17/h2-4,7-12,16H,5-6,13-15H2,1H3,(H,21,23)/t16-/m1/s1. The van der Waals surface area contributed by atoms with E-state index in [1.165, 1.54) is 18.4 Å². The maximum absolute atomic E-state index is 12.3. The van der Waals surface area contributed by atoms with Crippen LogP contribution in [0.15, 0.2) is 54.6 Å². The Hall–Kier alpha value is -2.13. The highest BCUT2D eigenvalue weighted by atomic mass is 16.1. The van der Waals surface area contributed by atoms with Crippen molar-refractivity contribution >= 4 is 5.91 Å². The molecule has 1 fully saturated rings. The fourth-order valence-electron chi connectivity index (χ4n) is 3.10. The van der Waals surface area contributed by atoms with E-state index in [1.807, 2.05) is 42.5 Å². The molecule has 0 saturated carbocycles. The van der Waals surface area contributed by atoms with E-state index in [4.69, 9.17) is 0 Å². The molecule has 0 aromatic heterocycles. The Kier molecular flexibility index (Phi) is 5.09. The predicted molar refractivity (Wildman–Crippen MR) is 94.5 cm³/mol. The third-order valence-electron chi connectivity index (χ3n) is 4.58. The molecule has 0 radical (unpaired) electrons. The predicted octanol–water partition coefficient (Wildman–Crippen LogP) is 3.57. The van der Waals surface area contributed by atoms with Gasteiger partial charge in [-0.15, -0.1) is 0 Å². The Balaban J connectivity index is 1.57. The number of nitrogens with zero attached hydrogens (tertiary/aromatic N) is 1. The van der Waals surface area contributed by atoms with E-state index < -0.39 is 0 Å². The smallest absolute Gasteiger partial charge is 0.251 e. The van der Waals surface area contributed by atoms with Gasteiger partial charge in [0.2, 0.25) is 0 Å². The van der Waals surface area contributed by atoms with Gasteiger partial charge in [0.15, 0.2) is 0 Å². The van der Waals surface area contributed by atoms with Crippen molar-refractivity contribution in [2.24, 2.45) is 0 Å². The monoisotopic (exact) mass is 308 g/mol. The summed E-state index contributed by atoms with van der Waals surface area (Å²) in [6, 6.07) is 18.4. The highest BCUT2D eigenvalue weighted by molar-refractivity contribution is 5.94. The number of hydrogen-bond acceptors (Lipinski definition) is 2. The number of likely N-dealkylation sites (tertiary alicyclic amines) is 1. The molecule has 1 aliphatic rings. The minimum Gasteiger partial charge on any atom is -0.350 e. The van der Waals surface area contributed by atoms with Crippen LogP contribution in [0.1, 0.15) is 30.1 Å². The first kappa shape index (κ1) is 15.8. The van der Waals surface area contributed by atoms with Gasteiger partial charge in [-0.3, -0.25) is 9.69 Å². The minimum atomic E-state index is 0.00987. The number of amides is 1. The summed E-state index contributed by atoms with van der Waals surface area (Å²) in [5.74, 6) is 0.00987. The van der Waals surface area contributed by atoms with Crippen molar-refractivity contribution in [2.45, 2.75) is 25.8 Å². The van der Waals surface area contributed by atoms with Gasteiger partial charge < -0.3 is 5.32 Å². The number of nitrogens with one attached hydrogen (secondary N) is 1. The van der Waals surface area contributed by atoms with E-state index in [9.17, 15) is 4.79 Å². The van der Waals surface area contributed by atoms with Crippen molar-refractivity contribution in [1.82, 2.24) is 10.2 Å². The quantitative estimate of drug-likeness (QED) is 0.916. The zero-order chi connectivity index (χ0) is 16.1. The van der Waals surface area contributed by atoms with Gasteiger partial charge in [0.05, 0.1) is 0 Å². The first-order valence-corrected chi connectivity index (χ1v) is 8.42. The molecule has 3 heteroatoms. The summed E-state index contributed by atoms with van der Waals surface area (Å²) in [5, 5.41) is 3.05. The van der Waals surface area contributed by atoms with Crippen LogP contribution in [0.2, 0.25) is 0 Å². The van der Waals surface area contributed by atoms with Crippen LogP contribution >= 0.6 is 0 Å². The SMILES string of the molecule is C[C@H](CNC(=O)c1ccc(-c2ccccc2)cc1)N1CCCC1. The molecule has 1 saturated heterocycles. The molecule has 23 heavy (non-hydrogen) atoms. The van der Waals surface area contributed by atoms with Crippen LogP contribution in [0, 0.1) is 0 Å². The molecule has 1 heterocycles. The van der Waals surface area contributed by atoms with Gasteiger partial charge >= 0.3 is 0 Å². The van der Waals surface area contributed by atoms with Crippen LogP contribution in [0.5, 0.6) is 0 Å². The summed E-state index contributed by atoms with van der Waals surface area (Å²) >= 11 is 0. The van der Waals surface area contributed by atoms with Crippen LogP contribution in [-0.4, -0.2) is 36.5 Å². The Morgan fingerprint density at radius 3 is 2.26 bits per heavy atom. The van der Waals surface area contributed by atoms with Crippen LogP contribution in [0.3, 0.4) is 0 Å². The van der Waals surface area contributed by atoms with Gasteiger partial charge in [0, 0.05) is 18.2 Å². The van der Waals surface area contributed by atoms with E-state index in [1.54, 1.807) is 0 Å². The van der Waals surface area contributed by atoms with Crippen molar-refractivity contribution in [1.29, 1.82) is 0 Å². The summed E-state index contributed by atoms with van der Waals surface area (Å²) in [7, 11) is 0. The molecule has 3 rings (SSSR count). The Morgan fingerprint density at radius 2 is 1.61 bits per heavy atom. The van der Waals surface area contributed by atoms with Crippen molar-refractivity contribution in [3.63, 3.8) is 0 Å². The van der Waals surface area contributed by atoms with Crippen LogP contribution in [0.25, 0.3) is 11.1 Å². The first-order chi connectivity index (χ1) is 11.2. The Labute approximate surface area is 138 Å². The van der Waals surface area contributed by atoms with Gasteiger partial charge in [-0.2, -0.15) is 0 Å². The van der Waals surface area contributed by atoms with Gasteiger partial charge in [0.1, 0.15) is 0 Å². The van der Waals surface area contributed by atoms with E-state index in [-0.39, 0.29) is 5.91 Å². The Morgan fingerprint density at radius 1 is 1.00 bits per heavy atom. The number of carbonyl (C=O) groups excluding carboxylic acids is 1. The fraction of sp³-hybridized carbons (Fsp3) is 0.350. The molecule has 2 aromatic rings. The molecule has 1 aliphatic heterocycles. The largest absolute Gasteiger partial charge is 0.350 e. The number of carbonyl (C=O) groups is 1. The van der Waals surface area contributed by atoms with E-state index >= 15 is 0 Å². The third-order valence-corrected chi connectivity index (χ3v) is 4.58. The zero-order valence-electron chi connectivity index (χ0n) is 13.7. The normalized spacial score (nSPS) is 16.2. The molecule has 0 unspecified atom stereocenters. The van der Waals surface area contributed by atoms with Crippen molar-refractivity contribution in [3.05, 3.63) is 60.2 Å². The minimum absolute atomic E-state index is 0.00987. The molecule has 0 spiro atoms. The van der Waals surface area contributed by atoms with Crippen LogP contribution < -0.4 is 5.32 Å². The second-order valence-electron chi connectivity index (χ2n) is 6.25. The molecule has 1 N–H and O–H groups in total. The van der Waals surface area contributed by atoms with Crippen molar-refractivity contribution < 1.29 is 4.79 Å². The van der Waals surface area contributed by atoms with E-state index in [2.05, 4.69) is 29.3 Å². The summed E-state index contributed by atoms with van der Waals surface area (Å²) < 4.78 is 0. The van der Waals surface area contributed by atoms with E-state index in [0.717, 1.165) is 24.2 Å². The maximum atomic E-state index is 12.3. The lowest BCUT2D eigenvalue weighted by Gasteiger charge is -2.23. The number of hydrogen-bond donors (Lipinski definition) is 1. The molecule has 3 nitrogen and oxygen atoms in total. The molecular weight excluding hydrogens is 284 g/mol. The van der Waals surface area contributed by atoms with Crippen LogP contribution in [-0.2, 0) is 0 Å². The lowest BCUT2D eigenvalue weighted by atomic mass is 10.0. The Bertz CT molecular complexity index is 630. The molecule has 1 amide bonds. The first-order valence-electron chi connectivity index (χ1n) is 8.42. The number of benzene rings is 2. The summed E-state index contributed by atoms with van der Waals surface area (Å²) in [6.45, 7) is 5.20. The topological polar surface area (TPSA) is 32.3 Å². The molecule has 120 valence electrons. The van der Waals surface area contributed by atoms with Crippen LogP contribution in [0.4, 0.5) is 0 Å². The number of rotatable bonds is 5. The van der Waals surface area contributed by atoms with Gasteiger partial charge in [-0.1, -0.05) is 42.5 Å². The molecule has 0 bridgehead atoms. The highest BCUT2D eigenvalue weighted by Crippen LogP contribution is 2.19. The van der Waals surface area contributed by atoms with Gasteiger partial charge in [0.25, 0.3) is 5.91 Å². The maximum Gasteiger partial charge on any atom is 0.251 e. The highest BCUT2D eigenvalue weighted by Gasteiger charge is 2.18. The average Bonchev–Trinajstić information content (AvgIpc) is 3.15. The zero-order valence-corrected chi connectivity index (χ0v) is 13.7. The lowest BCUT2D eigenvalue weighted by Crippen LogP contribution is -2.40. The summed E-state index contributed by atoms with van der Waals surface area (Å²) in [4.78, 5) is 14.7. The molecule has 2 aromatic carbocycles. The van der Waals surface area contributed by atoms with Crippen molar-refractivity contribution in [2.75, 3.05) is 19.6 Å². The summed E-state index contributed by atoms with van der Waals surface area (Å²) in [5.41, 5.74) is 3.02. The summed E-state index contributed by atoms with van der Waals surface area (Å²) in [6.07, 6.45) is 2.55. The molecular formula is C20H24N2O. The van der Waals surface area contributed by atoms with Gasteiger partial charge in [-0.25, -0.2) is 0 Å². The lowest BCUT2D eigenvalue weighted by molar-refractivity contribution is 0.0940.